The monoisotopic (exact) mass is 569 g/mol. The molecule has 10 heteroatoms. The number of nitrogens with two attached hydrogens (primary N) is 1. The number of aliphatic imine (C=N–C) groups is 1. The fraction of sp³-hybridized carbons (Fsp3) is 0.194. The molecule has 1 saturated heterocycles. The summed E-state index contributed by atoms with van der Waals surface area (Å²) in [5, 5.41) is 9.71. The number of rotatable bonds is 6. The van der Waals surface area contributed by atoms with Crippen molar-refractivity contribution in [3.05, 3.63) is 93.3 Å². The molecular weight excluding hydrogens is 542 g/mol. The summed E-state index contributed by atoms with van der Waals surface area (Å²) in [5.74, 6) is 9.65. The summed E-state index contributed by atoms with van der Waals surface area (Å²) in [6, 6.07) is 13.0. The van der Waals surface area contributed by atoms with Gasteiger partial charge >= 0.3 is 5.97 Å². The van der Waals surface area contributed by atoms with E-state index in [0.29, 0.717) is 41.0 Å². The zero-order chi connectivity index (χ0) is 29.5. The van der Waals surface area contributed by atoms with Crippen molar-refractivity contribution < 1.29 is 19.5 Å². The number of nitrogen functional groups attached to an aromatic ring is 1. The van der Waals surface area contributed by atoms with Crippen LogP contribution in [0.25, 0.3) is 17.3 Å². The number of pyridine rings is 1. The van der Waals surface area contributed by atoms with Crippen molar-refractivity contribution in [2.75, 3.05) is 6.54 Å². The molecule has 208 valence electrons. The molecule has 0 radical (unpaired) electrons. The molecule has 1 aliphatic heterocycles. The molecule has 1 fully saturated rings. The van der Waals surface area contributed by atoms with E-state index in [1.807, 2.05) is 24.3 Å². The molecule has 1 atom stereocenters. The average Bonchev–Trinajstić information content (AvgIpc) is 2.99. The van der Waals surface area contributed by atoms with Gasteiger partial charge in [0.1, 0.15) is 6.04 Å². The van der Waals surface area contributed by atoms with Crippen molar-refractivity contribution in [3.63, 3.8) is 0 Å². The number of hydrogen-bond acceptors (Lipinski definition) is 6. The van der Waals surface area contributed by atoms with E-state index in [9.17, 15) is 19.5 Å². The third-order valence-corrected chi connectivity index (χ3v) is 7.12. The molecule has 0 bridgehead atoms. The first-order valence-corrected chi connectivity index (χ1v) is 13.2. The van der Waals surface area contributed by atoms with E-state index in [0.717, 1.165) is 24.0 Å². The number of carboxylic acid groups (broad SMARTS) is 1. The van der Waals surface area contributed by atoms with Crippen LogP contribution in [-0.2, 0) is 4.79 Å². The Morgan fingerprint density at radius 1 is 1.12 bits per heavy atom. The Labute approximate surface area is 242 Å². The molecule has 3 aromatic rings. The van der Waals surface area contributed by atoms with Crippen LogP contribution < -0.4 is 11.3 Å². The lowest BCUT2D eigenvalue weighted by Crippen LogP contribution is -2.48. The molecule has 1 aromatic heterocycles. The molecule has 2 aromatic carbocycles. The number of aliphatic carboxylic acids is 1. The molecule has 2 heterocycles. The van der Waals surface area contributed by atoms with Gasteiger partial charge in [-0.05, 0) is 80.9 Å². The summed E-state index contributed by atoms with van der Waals surface area (Å²) >= 11 is 6.42. The second-order valence-corrected chi connectivity index (χ2v) is 9.81. The number of halogens is 1. The van der Waals surface area contributed by atoms with Crippen molar-refractivity contribution >= 4 is 42.2 Å². The number of carboxylic acids is 1. The Bertz CT molecular complexity index is 1610. The number of piperidine rings is 1. The van der Waals surface area contributed by atoms with Gasteiger partial charge in [-0.15, -0.1) is 0 Å². The SMILES string of the molecule is C=N/C=C\c1nc(-c2ccc(C#Cc3ccc(C(=O)N4CCCCC4C(=O)O)c(Cl)c3)cc2)cc(C(=O)NN)c1C. The fourth-order valence-corrected chi connectivity index (χ4v) is 4.86. The van der Waals surface area contributed by atoms with Gasteiger partial charge < -0.3 is 10.0 Å². The maximum absolute atomic E-state index is 13.0. The van der Waals surface area contributed by atoms with E-state index in [4.69, 9.17) is 17.4 Å². The number of nitrogens with one attached hydrogen (secondary N) is 1. The third-order valence-electron chi connectivity index (χ3n) is 6.80. The largest absolute Gasteiger partial charge is 0.480 e. The van der Waals surface area contributed by atoms with Crippen molar-refractivity contribution in [1.29, 1.82) is 0 Å². The Hall–Kier alpha value is -4.78. The van der Waals surface area contributed by atoms with Crippen LogP contribution in [-0.4, -0.2) is 52.1 Å². The van der Waals surface area contributed by atoms with Crippen LogP contribution in [0, 0.1) is 18.8 Å². The van der Waals surface area contributed by atoms with Crippen LogP contribution in [0.15, 0.2) is 59.7 Å². The molecule has 0 saturated carbocycles. The van der Waals surface area contributed by atoms with Crippen LogP contribution >= 0.6 is 11.6 Å². The van der Waals surface area contributed by atoms with Crippen LogP contribution in [0.2, 0.25) is 5.02 Å². The van der Waals surface area contributed by atoms with E-state index < -0.39 is 23.8 Å². The van der Waals surface area contributed by atoms with Crippen LogP contribution in [0.3, 0.4) is 0 Å². The first-order chi connectivity index (χ1) is 19.7. The van der Waals surface area contributed by atoms with Crippen molar-refractivity contribution in [2.45, 2.75) is 32.2 Å². The number of carbonyl (C=O) groups excluding carboxylic acids is 2. The number of aromatic nitrogens is 1. The van der Waals surface area contributed by atoms with Crippen LogP contribution in [0.4, 0.5) is 0 Å². The highest BCUT2D eigenvalue weighted by molar-refractivity contribution is 6.34. The highest BCUT2D eigenvalue weighted by Gasteiger charge is 2.33. The molecule has 1 unspecified atom stereocenters. The summed E-state index contributed by atoms with van der Waals surface area (Å²) in [6.07, 6.45) is 5.11. The van der Waals surface area contributed by atoms with Crippen molar-refractivity contribution in [2.24, 2.45) is 10.8 Å². The average molecular weight is 570 g/mol. The fourth-order valence-electron chi connectivity index (χ4n) is 4.60. The number of likely N-dealkylation sites (tertiary alicyclic amines) is 1. The topological polar surface area (TPSA) is 138 Å². The maximum Gasteiger partial charge on any atom is 0.326 e. The van der Waals surface area contributed by atoms with Crippen molar-refractivity contribution in [3.8, 4) is 23.1 Å². The van der Waals surface area contributed by atoms with E-state index in [-0.39, 0.29) is 10.6 Å². The number of hydrogen-bond donors (Lipinski definition) is 3. The van der Waals surface area contributed by atoms with Crippen LogP contribution in [0.1, 0.15) is 62.4 Å². The number of benzene rings is 2. The lowest BCUT2D eigenvalue weighted by molar-refractivity contribution is -0.143. The molecule has 0 spiro atoms. The smallest absolute Gasteiger partial charge is 0.326 e. The Morgan fingerprint density at radius 2 is 1.83 bits per heavy atom. The lowest BCUT2D eigenvalue weighted by atomic mass is 10.0. The first-order valence-electron chi connectivity index (χ1n) is 12.8. The molecule has 4 rings (SSSR count). The Morgan fingerprint density at radius 3 is 2.49 bits per heavy atom. The predicted molar refractivity (Wildman–Crippen MR) is 158 cm³/mol. The second kappa shape index (κ2) is 13.0. The molecule has 9 nitrogen and oxygen atoms in total. The standard InChI is InChI=1S/C31H28ClN5O4/c1-19-24(29(38)36-33)18-27(35-26(19)14-15-34-2)22-11-8-20(9-12-22)6-7-21-10-13-23(25(32)17-21)30(39)37-16-4-3-5-28(37)31(40)41/h8-15,17-18,28H,2-5,16,33H2,1H3,(H,36,38)(H,40,41)/b15-14-. The molecular formula is C31H28ClN5O4. The molecule has 41 heavy (non-hydrogen) atoms. The normalized spacial score (nSPS) is 14.7. The summed E-state index contributed by atoms with van der Waals surface area (Å²) in [7, 11) is 0. The van der Waals surface area contributed by atoms with Gasteiger partial charge in [0.15, 0.2) is 0 Å². The summed E-state index contributed by atoms with van der Waals surface area (Å²) < 4.78 is 0. The first kappa shape index (κ1) is 29.2. The zero-order valence-electron chi connectivity index (χ0n) is 22.4. The van der Waals surface area contributed by atoms with Gasteiger partial charge in [-0.25, -0.2) is 15.6 Å². The minimum atomic E-state index is -1.01. The second-order valence-electron chi connectivity index (χ2n) is 9.41. The third kappa shape index (κ3) is 6.69. The van der Waals surface area contributed by atoms with Gasteiger partial charge in [0.25, 0.3) is 11.8 Å². The summed E-state index contributed by atoms with van der Waals surface area (Å²) in [6.45, 7) is 5.59. The lowest BCUT2D eigenvalue weighted by Gasteiger charge is -2.33. The van der Waals surface area contributed by atoms with Crippen molar-refractivity contribution in [1.82, 2.24) is 15.3 Å². The molecule has 2 amide bonds. The minimum absolute atomic E-state index is 0.214. The van der Waals surface area contributed by atoms with E-state index in [1.165, 1.54) is 11.1 Å². The van der Waals surface area contributed by atoms with Gasteiger partial charge in [0.05, 0.1) is 22.0 Å². The van der Waals surface area contributed by atoms with Gasteiger partial charge in [-0.3, -0.25) is 20.0 Å². The minimum Gasteiger partial charge on any atom is -0.480 e. The molecule has 0 aliphatic carbocycles. The number of carbonyl (C=O) groups is 3. The number of nitrogens with zero attached hydrogens (tertiary/aromatic N) is 3. The maximum atomic E-state index is 13.0. The van der Waals surface area contributed by atoms with Gasteiger partial charge in [0.2, 0.25) is 0 Å². The molecule has 1 aliphatic rings. The quantitative estimate of drug-likeness (QED) is 0.132. The van der Waals surface area contributed by atoms with E-state index >= 15 is 0 Å². The summed E-state index contributed by atoms with van der Waals surface area (Å²) in [4.78, 5) is 46.7. The van der Waals surface area contributed by atoms with Crippen LogP contribution in [0.5, 0.6) is 0 Å². The zero-order valence-corrected chi connectivity index (χ0v) is 23.1. The predicted octanol–water partition coefficient (Wildman–Crippen LogP) is 4.46. The highest BCUT2D eigenvalue weighted by atomic mass is 35.5. The summed E-state index contributed by atoms with van der Waals surface area (Å²) in [5.41, 5.74) is 6.70. The number of amides is 2. The Balaban J connectivity index is 1.55. The molecule has 4 N–H and O–H groups in total. The van der Waals surface area contributed by atoms with Gasteiger partial charge in [0, 0.05) is 35.0 Å². The number of hydrazine groups is 1. The Kier molecular flexibility index (Phi) is 9.30. The van der Waals surface area contributed by atoms with Gasteiger partial charge in [-0.1, -0.05) is 35.6 Å². The highest BCUT2D eigenvalue weighted by Crippen LogP contribution is 2.26. The van der Waals surface area contributed by atoms with E-state index in [2.05, 4.69) is 34.0 Å². The van der Waals surface area contributed by atoms with Gasteiger partial charge in [-0.2, -0.15) is 0 Å². The van der Waals surface area contributed by atoms with E-state index in [1.54, 1.807) is 37.3 Å².